The summed E-state index contributed by atoms with van der Waals surface area (Å²) >= 11 is 0. The van der Waals surface area contributed by atoms with Gasteiger partial charge >= 0.3 is 5.97 Å². The van der Waals surface area contributed by atoms with Crippen LogP contribution >= 0.6 is 0 Å². The highest BCUT2D eigenvalue weighted by Crippen LogP contribution is 2.19. The Morgan fingerprint density at radius 3 is 2.12 bits per heavy atom. The molecule has 0 saturated heterocycles. The smallest absolute Gasteiger partial charge is 0.305 e. The predicted molar refractivity (Wildman–Crippen MR) is 143 cm³/mol. The van der Waals surface area contributed by atoms with Gasteiger partial charge < -0.3 is 37.0 Å². The number of benzene rings is 1. The Morgan fingerprint density at radius 1 is 0.975 bits per heavy atom. The Bertz CT molecular complexity index is 994. The number of nitrogens with one attached hydrogen (secondary N) is 3. The van der Waals surface area contributed by atoms with E-state index in [-0.39, 0.29) is 25.3 Å². The second-order valence-corrected chi connectivity index (χ2v) is 9.65. The number of nitroso groups, excluding NO2 is 2. The molecule has 0 saturated carbocycles. The number of aliphatic hydroxyl groups excluding tert-OH is 2. The normalized spacial score (nSPS) is 15.6. The average molecular weight is 567 g/mol. The summed E-state index contributed by atoms with van der Waals surface area (Å²) in [4.78, 5) is 72.6. The van der Waals surface area contributed by atoms with Crippen molar-refractivity contribution >= 4 is 23.7 Å². The zero-order valence-electron chi connectivity index (χ0n) is 22.4. The van der Waals surface area contributed by atoms with Crippen LogP contribution in [0.1, 0.15) is 51.1 Å². The van der Waals surface area contributed by atoms with Crippen LogP contribution in [0.25, 0.3) is 0 Å². The fourth-order valence-electron chi connectivity index (χ4n) is 3.93. The maximum atomic E-state index is 12.9. The summed E-state index contributed by atoms with van der Waals surface area (Å²) in [5, 5.41) is 42.4. The Morgan fingerprint density at radius 2 is 1.62 bits per heavy atom. The van der Waals surface area contributed by atoms with Crippen LogP contribution in [0.15, 0.2) is 40.7 Å². The molecular formula is C25H38N6O9. The summed E-state index contributed by atoms with van der Waals surface area (Å²) < 4.78 is 0. The van der Waals surface area contributed by atoms with Crippen LogP contribution in [0.2, 0.25) is 0 Å². The molecule has 222 valence electrons. The topological polar surface area (TPSA) is 250 Å². The Balaban J connectivity index is 3.09. The van der Waals surface area contributed by atoms with Crippen LogP contribution in [0.4, 0.5) is 0 Å². The van der Waals surface area contributed by atoms with E-state index in [2.05, 4.69) is 26.3 Å². The van der Waals surface area contributed by atoms with Crippen LogP contribution < -0.4 is 21.7 Å². The van der Waals surface area contributed by atoms with E-state index in [4.69, 9.17) is 5.73 Å². The average Bonchev–Trinajstić information content (AvgIpc) is 2.92. The number of aliphatic hydroxyl groups is 2. The van der Waals surface area contributed by atoms with Gasteiger partial charge in [0.2, 0.25) is 11.8 Å². The number of carbonyl (C=O) groups is 4. The van der Waals surface area contributed by atoms with Gasteiger partial charge in [-0.15, -0.1) is 4.91 Å². The van der Waals surface area contributed by atoms with Crippen LogP contribution in [0.3, 0.4) is 0 Å². The first-order valence-corrected chi connectivity index (χ1v) is 12.8. The van der Waals surface area contributed by atoms with Crippen molar-refractivity contribution in [2.45, 2.75) is 75.8 Å². The first-order valence-electron chi connectivity index (χ1n) is 12.8. The molecule has 40 heavy (non-hydrogen) atoms. The van der Waals surface area contributed by atoms with E-state index in [0.717, 1.165) is 0 Å². The molecule has 0 radical (unpaired) electrons. The van der Waals surface area contributed by atoms with E-state index in [9.17, 15) is 44.3 Å². The SMILES string of the molecule is CC(C)C[C@H](NC(=O)CCCN)C(=O)N[C@@H](CO)[C@@H](O)[C@@H](N=O)[C@H](N=O)C(=O)N[C@@H](CC(=O)O)c1ccccc1. The summed E-state index contributed by atoms with van der Waals surface area (Å²) in [6.45, 7) is 2.97. The molecule has 3 amide bonds. The number of rotatable bonds is 19. The zero-order valence-corrected chi connectivity index (χ0v) is 22.4. The lowest BCUT2D eigenvalue weighted by molar-refractivity contribution is -0.138. The monoisotopic (exact) mass is 566 g/mol. The Hall–Kier alpha value is -3.82. The highest BCUT2D eigenvalue weighted by Gasteiger charge is 2.41. The standard InChI is InChI=1S/C25H38N6O9/c1-14(2)11-17(27-19(33)9-6-10-26)24(37)29-18(13-32)23(36)21(30-39)22(31-40)25(38)28-16(12-20(34)35)15-7-4-3-5-8-15/h3-5,7-8,14,16-18,21-23,32,36H,6,9-13,26H2,1-2H3,(H,27,33)(H,28,38)(H,29,37)(H,34,35)/t16-,17-,18-,21-,22-,23+/m0/s1. The second kappa shape index (κ2) is 17.7. The van der Waals surface area contributed by atoms with Crippen molar-refractivity contribution in [2.24, 2.45) is 22.0 Å². The van der Waals surface area contributed by atoms with Gasteiger partial charge in [0, 0.05) is 6.42 Å². The van der Waals surface area contributed by atoms with Gasteiger partial charge in [0.15, 0.2) is 12.1 Å². The quantitative estimate of drug-likeness (QED) is 0.108. The first kappa shape index (κ1) is 34.2. The molecule has 0 aliphatic heterocycles. The van der Waals surface area contributed by atoms with Crippen molar-refractivity contribution in [3.63, 3.8) is 0 Å². The first-order chi connectivity index (χ1) is 19.0. The lowest BCUT2D eigenvalue weighted by atomic mass is 9.95. The minimum absolute atomic E-state index is 0.0387. The molecule has 6 atom stereocenters. The number of hydrogen-bond acceptors (Lipinski definition) is 11. The molecule has 0 heterocycles. The molecule has 0 aliphatic carbocycles. The minimum Gasteiger partial charge on any atom is -0.481 e. The van der Waals surface area contributed by atoms with E-state index in [1.165, 1.54) is 0 Å². The number of nitrogens with two attached hydrogens (primary N) is 1. The molecule has 1 aromatic rings. The summed E-state index contributed by atoms with van der Waals surface area (Å²) in [5.74, 6) is -3.71. The lowest BCUT2D eigenvalue weighted by Gasteiger charge is -2.29. The van der Waals surface area contributed by atoms with Gasteiger partial charge in [-0.05, 0) is 30.9 Å². The number of carbonyl (C=O) groups excluding carboxylic acids is 3. The van der Waals surface area contributed by atoms with E-state index >= 15 is 0 Å². The molecule has 0 aliphatic rings. The fraction of sp³-hybridized carbons (Fsp3) is 0.600. The molecule has 8 N–H and O–H groups in total. The van der Waals surface area contributed by atoms with Gasteiger partial charge in [-0.2, -0.15) is 4.91 Å². The summed E-state index contributed by atoms with van der Waals surface area (Å²) in [6, 6.07) is 0.0461. The van der Waals surface area contributed by atoms with Crippen LogP contribution in [0.5, 0.6) is 0 Å². The van der Waals surface area contributed by atoms with E-state index < -0.39 is 73.0 Å². The van der Waals surface area contributed by atoms with Crippen molar-refractivity contribution < 1.29 is 34.5 Å². The maximum absolute atomic E-state index is 12.9. The van der Waals surface area contributed by atoms with Crippen molar-refractivity contribution in [2.75, 3.05) is 13.2 Å². The van der Waals surface area contributed by atoms with Crippen LogP contribution in [0, 0.1) is 15.7 Å². The predicted octanol–water partition coefficient (Wildman–Crippen LogP) is -0.304. The molecule has 15 nitrogen and oxygen atoms in total. The molecular weight excluding hydrogens is 528 g/mol. The highest BCUT2D eigenvalue weighted by atomic mass is 16.4. The van der Waals surface area contributed by atoms with Gasteiger partial charge in [-0.1, -0.05) is 54.5 Å². The molecule has 0 bridgehead atoms. The third-order valence-electron chi connectivity index (χ3n) is 5.98. The van der Waals surface area contributed by atoms with Crippen molar-refractivity contribution in [1.29, 1.82) is 0 Å². The Kier molecular flexibility index (Phi) is 15.1. The second-order valence-electron chi connectivity index (χ2n) is 9.65. The van der Waals surface area contributed by atoms with Gasteiger partial charge in [-0.25, -0.2) is 0 Å². The molecule has 15 heteroatoms. The van der Waals surface area contributed by atoms with Gasteiger partial charge in [0.25, 0.3) is 5.91 Å². The fourth-order valence-corrected chi connectivity index (χ4v) is 3.93. The highest BCUT2D eigenvalue weighted by molar-refractivity contribution is 5.88. The number of carboxylic acids is 1. The van der Waals surface area contributed by atoms with E-state index in [1.807, 2.05) is 13.8 Å². The summed E-state index contributed by atoms with van der Waals surface area (Å²) in [5.41, 5.74) is 5.80. The third-order valence-corrected chi connectivity index (χ3v) is 5.98. The lowest BCUT2D eigenvalue weighted by Crippen LogP contribution is -2.58. The number of hydrogen-bond donors (Lipinski definition) is 7. The molecule has 0 spiro atoms. The maximum Gasteiger partial charge on any atom is 0.305 e. The summed E-state index contributed by atoms with van der Waals surface area (Å²) in [6.07, 6.45) is -1.94. The molecule has 0 aromatic heterocycles. The zero-order chi connectivity index (χ0) is 30.2. The van der Waals surface area contributed by atoms with E-state index in [0.29, 0.717) is 12.0 Å². The number of aliphatic carboxylic acids is 1. The van der Waals surface area contributed by atoms with Gasteiger partial charge in [0.05, 0.1) is 25.1 Å². The summed E-state index contributed by atoms with van der Waals surface area (Å²) in [7, 11) is 0. The van der Waals surface area contributed by atoms with Crippen molar-refractivity contribution in [3.05, 3.63) is 45.7 Å². The third kappa shape index (κ3) is 11.1. The van der Waals surface area contributed by atoms with E-state index in [1.54, 1.807) is 30.3 Å². The molecule has 0 unspecified atom stereocenters. The number of nitrogens with zero attached hydrogens (tertiary/aromatic N) is 2. The van der Waals surface area contributed by atoms with Crippen molar-refractivity contribution in [3.8, 4) is 0 Å². The molecule has 1 rings (SSSR count). The number of amides is 3. The van der Waals surface area contributed by atoms with Gasteiger partial charge in [-0.3, -0.25) is 19.2 Å². The van der Waals surface area contributed by atoms with Crippen molar-refractivity contribution in [1.82, 2.24) is 16.0 Å². The molecule has 1 aromatic carbocycles. The largest absolute Gasteiger partial charge is 0.481 e. The van der Waals surface area contributed by atoms with Crippen LogP contribution in [-0.2, 0) is 19.2 Å². The molecule has 0 fully saturated rings. The minimum atomic E-state index is -2.12. The van der Waals surface area contributed by atoms with Crippen LogP contribution in [-0.4, -0.2) is 82.4 Å². The number of carboxylic acid groups (broad SMARTS) is 1. The van der Waals surface area contributed by atoms with Gasteiger partial charge in [0.1, 0.15) is 12.1 Å². The Labute approximate surface area is 231 Å².